The maximum atomic E-state index is 12.4. The van der Waals surface area contributed by atoms with E-state index in [9.17, 15) is 9.59 Å². The molecular weight excluding hydrogens is 502 g/mol. The predicted molar refractivity (Wildman–Crippen MR) is 126 cm³/mol. The first-order valence-corrected chi connectivity index (χ1v) is 11.4. The molecule has 7 nitrogen and oxygen atoms in total. The highest BCUT2D eigenvalue weighted by Gasteiger charge is 2.16. The van der Waals surface area contributed by atoms with Gasteiger partial charge in [-0.2, -0.15) is 0 Å². The standard InChI is InChI=1S/C21H19BrClN5O2S/c1-2-11-28-18(12-24-20(30)16-5-3-4-6-17(16)23)26-27-21(28)31-13-19(29)25-15-9-7-14(22)8-10-15/h2-10H,1,11-13H2,(H,24,30)(H,25,29). The van der Waals surface area contributed by atoms with Gasteiger partial charge in [0.1, 0.15) is 0 Å². The van der Waals surface area contributed by atoms with Crippen LogP contribution < -0.4 is 10.6 Å². The van der Waals surface area contributed by atoms with E-state index < -0.39 is 0 Å². The van der Waals surface area contributed by atoms with Crippen LogP contribution in [0.25, 0.3) is 0 Å². The molecule has 0 radical (unpaired) electrons. The third-order valence-electron chi connectivity index (χ3n) is 4.09. The molecule has 1 heterocycles. The highest BCUT2D eigenvalue weighted by Crippen LogP contribution is 2.19. The number of allylic oxidation sites excluding steroid dienone is 1. The maximum absolute atomic E-state index is 12.4. The van der Waals surface area contributed by atoms with E-state index >= 15 is 0 Å². The second-order valence-electron chi connectivity index (χ2n) is 6.30. The molecule has 0 spiro atoms. The van der Waals surface area contributed by atoms with Gasteiger partial charge in [0.25, 0.3) is 5.91 Å². The quantitative estimate of drug-likeness (QED) is 0.319. The molecule has 2 amide bonds. The van der Waals surface area contributed by atoms with E-state index in [0.717, 1.165) is 4.47 Å². The van der Waals surface area contributed by atoms with E-state index in [2.05, 4.69) is 43.3 Å². The molecule has 3 aromatic rings. The summed E-state index contributed by atoms with van der Waals surface area (Å²) in [6, 6.07) is 14.1. The summed E-state index contributed by atoms with van der Waals surface area (Å²) in [4.78, 5) is 24.6. The molecule has 31 heavy (non-hydrogen) atoms. The number of amides is 2. The third kappa shape index (κ3) is 6.43. The lowest BCUT2D eigenvalue weighted by atomic mass is 10.2. The smallest absolute Gasteiger partial charge is 0.253 e. The molecule has 0 aliphatic heterocycles. The number of benzene rings is 2. The lowest BCUT2D eigenvalue weighted by Crippen LogP contribution is -2.25. The summed E-state index contributed by atoms with van der Waals surface area (Å²) in [5, 5.41) is 14.9. The summed E-state index contributed by atoms with van der Waals surface area (Å²) in [7, 11) is 0. The minimum Gasteiger partial charge on any atom is -0.345 e. The highest BCUT2D eigenvalue weighted by molar-refractivity contribution is 9.10. The van der Waals surface area contributed by atoms with E-state index in [1.807, 2.05) is 24.3 Å². The van der Waals surface area contributed by atoms with Crippen LogP contribution in [0.2, 0.25) is 5.02 Å². The zero-order valence-corrected chi connectivity index (χ0v) is 19.5. The van der Waals surface area contributed by atoms with Crippen molar-refractivity contribution in [2.45, 2.75) is 18.2 Å². The van der Waals surface area contributed by atoms with Crippen LogP contribution in [0, 0.1) is 0 Å². The zero-order chi connectivity index (χ0) is 22.2. The highest BCUT2D eigenvalue weighted by atomic mass is 79.9. The Morgan fingerprint density at radius 1 is 1.16 bits per heavy atom. The Hall–Kier alpha value is -2.62. The first kappa shape index (κ1) is 23.1. The number of nitrogens with zero attached hydrogens (tertiary/aromatic N) is 3. The first-order valence-electron chi connectivity index (χ1n) is 9.22. The number of carbonyl (C=O) groups excluding carboxylic acids is 2. The summed E-state index contributed by atoms with van der Waals surface area (Å²) < 4.78 is 2.74. The van der Waals surface area contributed by atoms with Gasteiger partial charge in [0, 0.05) is 16.7 Å². The number of aromatic nitrogens is 3. The summed E-state index contributed by atoms with van der Waals surface area (Å²) >= 11 is 10.7. The summed E-state index contributed by atoms with van der Waals surface area (Å²) in [6.45, 7) is 4.37. The number of thioether (sulfide) groups is 1. The van der Waals surface area contributed by atoms with Crippen molar-refractivity contribution in [2.24, 2.45) is 0 Å². The van der Waals surface area contributed by atoms with Gasteiger partial charge >= 0.3 is 0 Å². The van der Waals surface area contributed by atoms with Crippen LogP contribution in [0.4, 0.5) is 5.69 Å². The summed E-state index contributed by atoms with van der Waals surface area (Å²) in [6.07, 6.45) is 1.70. The van der Waals surface area contributed by atoms with Gasteiger partial charge in [-0.3, -0.25) is 9.59 Å². The van der Waals surface area contributed by atoms with Gasteiger partial charge < -0.3 is 15.2 Å². The number of rotatable bonds is 9. The van der Waals surface area contributed by atoms with Gasteiger partial charge in [-0.15, -0.1) is 16.8 Å². The van der Waals surface area contributed by atoms with Crippen molar-refractivity contribution in [1.82, 2.24) is 20.1 Å². The third-order valence-corrected chi connectivity index (χ3v) is 5.92. The maximum Gasteiger partial charge on any atom is 0.253 e. The summed E-state index contributed by atoms with van der Waals surface area (Å²) in [5.74, 6) is 0.254. The van der Waals surface area contributed by atoms with Crippen molar-refractivity contribution in [1.29, 1.82) is 0 Å². The number of nitrogens with one attached hydrogen (secondary N) is 2. The molecule has 0 saturated heterocycles. The molecule has 3 rings (SSSR count). The second-order valence-corrected chi connectivity index (χ2v) is 8.57. The SMILES string of the molecule is C=CCn1c(CNC(=O)c2ccccc2Cl)nnc1SCC(=O)Nc1ccc(Br)cc1. The van der Waals surface area contributed by atoms with Gasteiger partial charge in [-0.1, -0.05) is 57.5 Å². The molecule has 0 aliphatic carbocycles. The Bertz CT molecular complexity index is 1090. The Morgan fingerprint density at radius 2 is 1.90 bits per heavy atom. The monoisotopic (exact) mass is 519 g/mol. The molecule has 0 fully saturated rings. The molecule has 2 N–H and O–H groups in total. The van der Waals surface area contributed by atoms with Crippen molar-refractivity contribution in [3.63, 3.8) is 0 Å². The molecular formula is C21H19BrClN5O2S. The fourth-order valence-electron chi connectivity index (χ4n) is 2.63. The average Bonchev–Trinajstić information content (AvgIpc) is 3.14. The van der Waals surface area contributed by atoms with Crippen LogP contribution in [-0.4, -0.2) is 32.3 Å². The predicted octanol–water partition coefficient (Wildman–Crippen LogP) is 4.54. The summed E-state index contributed by atoms with van der Waals surface area (Å²) in [5.41, 5.74) is 1.10. The van der Waals surface area contributed by atoms with Crippen LogP contribution in [-0.2, 0) is 17.9 Å². The largest absolute Gasteiger partial charge is 0.345 e. The molecule has 0 aliphatic rings. The van der Waals surface area contributed by atoms with Crippen LogP contribution in [0.3, 0.4) is 0 Å². The van der Waals surface area contributed by atoms with Gasteiger partial charge in [-0.25, -0.2) is 0 Å². The topological polar surface area (TPSA) is 88.9 Å². The minimum atomic E-state index is -0.304. The van der Waals surface area contributed by atoms with Gasteiger partial charge in [0.15, 0.2) is 11.0 Å². The van der Waals surface area contributed by atoms with Crippen molar-refractivity contribution < 1.29 is 9.59 Å². The normalized spacial score (nSPS) is 10.5. The number of carbonyl (C=O) groups is 2. The Labute approximate surface area is 197 Å². The van der Waals surface area contributed by atoms with Crippen LogP contribution in [0.15, 0.2) is 70.8 Å². The zero-order valence-electron chi connectivity index (χ0n) is 16.3. The van der Waals surface area contributed by atoms with E-state index in [1.165, 1.54) is 11.8 Å². The van der Waals surface area contributed by atoms with Gasteiger partial charge in [0.05, 0.1) is 22.9 Å². The second kappa shape index (κ2) is 11.1. The van der Waals surface area contributed by atoms with Crippen molar-refractivity contribution >= 4 is 56.8 Å². The van der Waals surface area contributed by atoms with Crippen LogP contribution in [0.1, 0.15) is 16.2 Å². The molecule has 160 valence electrons. The fraction of sp³-hybridized carbons (Fsp3) is 0.143. The molecule has 0 bridgehead atoms. The van der Waals surface area contributed by atoms with E-state index in [4.69, 9.17) is 11.6 Å². The van der Waals surface area contributed by atoms with E-state index in [1.54, 1.807) is 34.9 Å². The van der Waals surface area contributed by atoms with Gasteiger partial charge in [-0.05, 0) is 36.4 Å². The van der Waals surface area contributed by atoms with Gasteiger partial charge in [0.2, 0.25) is 5.91 Å². The minimum absolute atomic E-state index is 0.158. The molecule has 0 saturated carbocycles. The Balaban J connectivity index is 1.61. The fourth-order valence-corrected chi connectivity index (χ4v) is 3.88. The number of hydrogen-bond acceptors (Lipinski definition) is 5. The van der Waals surface area contributed by atoms with Crippen molar-refractivity contribution in [2.75, 3.05) is 11.1 Å². The van der Waals surface area contributed by atoms with Crippen LogP contribution in [0.5, 0.6) is 0 Å². The number of hydrogen-bond donors (Lipinski definition) is 2. The number of halogens is 2. The van der Waals surface area contributed by atoms with Crippen molar-refractivity contribution in [3.05, 3.63) is 82.1 Å². The molecule has 0 unspecified atom stereocenters. The van der Waals surface area contributed by atoms with Crippen molar-refractivity contribution in [3.8, 4) is 0 Å². The average molecular weight is 521 g/mol. The molecule has 2 aromatic carbocycles. The lowest BCUT2D eigenvalue weighted by molar-refractivity contribution is -0.113. The first-order chi connectivity index (χ1) is 15.0. The molecule has 10 heteroatoms. The Morgan fingerprint density at radius 3 is 2.61 bits per heavy atom. The molecule has 0 atom stereocenters. The Kier molecular flexibility index (Phi) is 8.27. The van der Waals surface area contributed by atoms with E-state index in [-0.39, 0.29) is 24.1 Å². The molecule has 1 aromatic heterocycles. The lowest BCUT2D eigenvalue weighted by Gasteiger charge is -2.09. The van der Waals surface area contributed by atoms with Crippen LogP contribution >= 0.6 is 39.3 Å². The number of anilines is 1. The van der Waals surface area contributed by atoms with E-state index in [0.29, 0.717) is 33.8 Å².